The van der Waals surface area contributed by atoms with E-state index in [0.29, 0.717) is 12.2 Å². The predicted molar refractivity (Wildman–Crippen MR) is 88.9 cm³/mol. The number of rotatable bonds is 4. The number of aromatic amines is 1. The van der Waals surface area contributed by atoms with E-state index in [9.17, 15) is 4.79 Å². The molecule has 0 saturated carbocycles. The Hall–Kier alpha value is -1.66. The highest BCUT2D eigenvalue weighted by Gasteiger charge is 2.13. The molecule has 0 atom stereocenters. The fourth-order valence-electron chi connectivity index (χ4n) is 2.17. The van der Waals surface area contributed by atoms with Crippen LogP contribution < -0.4 is 5.32 Å². The normalized spacial score (nSPS) is 11.0. The molecular formula is C15H14BrN3OS. The Morgan fingerprint density at radius 1 is 1.38 bits per heavy atom. The van der Waals surface area contributed by atoms with Crippen LogP contribution in [0.1, 0.15) is 20.9 Å². The number of carbonyl (C=O) groups is 1. The summed E-state index contributed by atoms with van der Waals surface area (Å²) in [6.45, 7) is 2.61. The van der Waals surface area contributed by atoms with Gasteiger partial charge in [-0.25, -0.2) is 0 Å². The van der Waals surface area contributed by atoms with Crippen LogP contribution in [-0.2, 0) is 6.42 Å². The lowest BCUT2D eigenvalue weighted by atomic mass is 10.1. The first-order valence-electron chi connectivity index (χ1n) is 6.60. The highest BCUT2D eigenvalue weighted by molar-refractivity contribution is 9.11. The Kier molecular flexibility index (Phi) is 4.07. The number of halogens is 1. The molecule has 0 radical (unpaired) electrons. The number of nitrogens with zero attached hydrogens (tertiary/aromatic N) is 1. The number of aromatic nitrogens is 2. The van der Waals surface area contributed by atoms with Gasteiger partial charge in [0.25, 0.3) is 5.91 Å². The Morgan fingerprint density at radius 2 is 2.24 bits per heavy atom. The van der Waals surface area contributed by atoms with Crippen LogP contribution in [0.15, 0.2) is 34.1 Å². The van der Waals surface area contributed by atoms with Crippen LogP contribution >= 0.6 is 27.3 Å². The molecule has 2 N–H and O–H groups in total. The molecule has 108 valence electrons. The summed E-state index contributed by atoms with van der Waals surface area (Å²) in [6, 6.07) is 10.00. The second kappa shape index (κ2) is 5.99. The van der Waals surface area contributed by atoms with Gasteiger partial charge in [0.15, 0.2) is 5.69 Å². The van der Waals surface area contributed by atoms with E-state index in [-0.39, 0.29) is 5.91 Å². The fourth-order valence-corrected chi connectivity index (χ4v) is 3.65. The summed E-state index contributed by atoms with van der Waals surface area (Å²) < 4.78 is 1.11. The smallest absolute Gasteiger partial charge is 0.272 e. The first-order valence-corrected chi connectivity index (χ1v) is 8.21. The van der Waals surface area contributed by atoms with E-state index >= 15 is 0 Å². The van der Waals surface area contributed by atoms with Crippen LogP contribution in [0.25, 0.3) is 10.9 Å². The molecule has 3 aromatic rings. The first kappa shape index (κ1) is 14.3. The lowest BCUT2D eigenvalue weighted by Gasteiger charge is -2.02. The Morgan fingerprint density at radius 3 is 3.00 bits per heavy atom. The average molecular weight is 364 g/mol. The molecule has 21 heavy (non-hydrogen) atoms. The first-order chi connectivity index (χ1) is 10.1. The number of H-pyrrole nitrogens is 1. The van der Waals surface area contributed by atoms with Crippen molar-refractivity contribution < 1.29 is 4.79 Å². The van der Waals surface area contributed by atoms with Crippen LogP contribution in [0, 0.1) is 6.92 Å². The number of hydrogen-bond acceptors (Lipinski definition) is 3. The van der Waals surface area contributed by atoms with Gasteiger partial charge in [-0.3, -0.25) is 9.89 Å². The van der Waals surface area contributed by atoms with Crippen LogP contribution in [0.2, 0.25) is 0 Å². The predicted octanol–water partition coefficient (Wildman–Crippen LogP) is 3.67. The van der Waals surface area contributed by atoms with Crippen LogP contribution in [0.3, 0.4) is 0 Å². The van der Waals surface area contributed by atoms with Gasteiger partial charge in [-0.1, -0.05) is 11.6 Å². The molecule has 1 aromatic carbocycles. The molecule has 0 saturated heterocycles. The number of aryl methyl sites for hydroxylation is 1. The molecule has 0 unspecified atom stereocenters. The standard InChI is InChI=1S/C15H14BrN3OS/c1-9-2-4-12-11(8-9)14(19-18-12)15(20)17-7-6-10-3-5-13(16)21-10/h2-5,8H,6-7H2,1H3,(H,17,20)(H,18,19). The summed E-state index contributed by atoms with van der Waals surface area (Å²) in [5.41, 5.74) is 2.45. The zero-order valence-corrected chi connectivity index (χ0v) is 13.8. The maximum Gasteiger partial charge on any atom is 0.272 e. The number of fused-ring (bicyclic) bond motifs is 1. The van der Waals surface area contributed by atoms with Crippen molar-refractivity contribution in [2.24, 2.45) is 0 Å². The minimum Gasteiger partial charge on any atom is -0.350 e. The SMILES string of the molecule is Cc1ccc2[nH]nc(C(=O)NCCc3ccc(Br)s3)c2c1. The highest BCUT2D eigenvalue weighted by Crippen LogP contribution is 2.22. The summed E-state index contributed by atoms with van der Waals surface area (Å²) in [6.07, 6.45) is 0.823. The molecule has 2 aromatic heterocycles. The van der Waals surface area contributed by atoms with Gasteiger partial charge >= 0.3 is 0 Å². The molecule has 0 fully saturated rings. The van der Waals surface area contributed by atoms with Gasteiger partial charge in [0, 0.05) is 16.8 Å². The zero-order chi connectivity index (χ0) is 14.8. The lowest BCUT2D eigenvalue weighted by molar-refractivity contribution is 0.0951. The van der Waals surface area contributed by atoms with Gasteiger partial charge in [-0.05, 0) is 53.5 Å². The van der Waals surface area contributed by atoms with Crippen molar-refractivity contribution in [2.75, 3.05) is 6.54 Å². The van der Waals surface area contributed by atoms with Gasteiger partial charge in [0.05, 0.1) is 9.30 Å². The van der Waals surface area contributed by atoms with E-state index in [4.69, 9.17) is 0 Å². The minimum atomic E-state index is -0.137. The molecule has 0 bridgehead atoms. The number of thiophene rings is 1. The van der Waals surface area contributed by atoms with Crippen molar-refractivity contribution in [3.05, 3.63) is 50.3 Å². The van der Waals surface area contributed by atoms with Gasteiger partial charge in [-0.2, -0.15) is 5.10 Å². The molecule has 0 spiro atoms. The van der Waals surface area contributed by atoms with Crippen molar-refractivity contribution >= 4 is 44.1 Å². The monoisotopic (exact) mass is 363 g/mol. The van der Waals surface area contributed by atoms with E-state index < -0.39 is 0 Å². The number of nitrogens with one attached hydrogen (secondary N) is 2. The van der Waals surface area contributed by atoms with E-state index in [2.05, 4.69) is 37.5 Å². The number of carbonyl (C=O) groups excluding carboxylic acids is 1. The quantitative estimate of drug-likeness (QED) is 0.742. The Labute approximate surface area is 134 Å². The highest BCUT2D eigenvalue weighted by atomic mass is 79.9. The van der Waals surface area contributed by atoms with Crippen molar-refractivity contribution in [3.8, 4) is 0 Å². The average Bonchev–Trinajstić information content (AvgIpc) is 3.04. The van der Waals surface area contributed by atoms with Crippen LogP contribution in [-0.4, -0.2) is 22.6 Å². The summed E-state index contributed by atoms with van der Waals surface area (Å²) >= 11 is 5.12. The molecule has 1 amide bonds. The van der Waals surface area contributed by atoms with Crippen LogP contribution in [0.5, 0.6) is 0 Å². The Balaban J connectivity index is 1.68. The third-order valence-electron chi connectivity index (χ3n) is 3.22. The molecule has 6 heteroatoms. The van der Waals surface area contributed by atoms with Gasteiger partial charge in [-0.15, -0.1) is 11.3 Å². The van der Waals surface area contributed by atoms with Crippen molar-refractivity contribution in [2.45, 2.75) is 13.3 Å². The van der Waals surface area contributed by atoms with Crippen molar-refractivity contribution in [1.82, 2.24) is 15.5 Å². The van der Waals surface area contributed by atoms with E-state index in [0.717, 1.165) is 26.7 Å². The molecular weight excluding hydrogens is 350 g/mol. The van der Waals surface area contributed by atoms with E-state index in [1.54, 1.807) is 11.3 Å². The second-order valence-corrected chi connectivity index (χ2v) is 7.38. The third kappa shape index (κ3) is 3.16. The summed E-state index contributed by atoms with van der Waals surface area (Å²) in [5.74, 6) is -0.137. The largest absolute Gasteiger partial charge is 0.350 e. The van der Waals surface area contributed by atoms with E-state index in [1.807, 2.05) is 31.2 Å². The second-order valence-electron chi connectivity index (χ2n) is 4.83. The van der Waals surface area contributed by atoms with Crippen molar-refractivity contribution in [3.63, 3.8) is 0 Å². The fraction of sp³-hybridized carbons (Fsp3) is 0.200. The maximum atomic E-state index is 12.2. The van der Waals surface area contributed by atoms with Gasteiger partial charge < -0.3 is 5.32 Å². The van der Waals surface area contributed by atoms with Gasteiger partial charge in [0.2, 0.25) is 0 Å². The van der Waals surface area contributed by atoms with Crippen LogP contribution in [0.4, 0.5) is 0 Å². The molecule has 2 heterocycles. The molecule has 0 aliphatic carbocycles. The maximum absolute atomic E-state index is 12.2. The zero-order valence-electron chi connectivity index (χ0n) is 11.4. The third-order valence-corrected chi connectivity index (χ3v) is 4.90. The minimum absolute atomic E-state index is 0.137. The van der Waals surface area contributed by atoms with Gasteiger partial charge in [0.1, 0.15) is 0 Å². The summed E-state index contributed by atoms with van der Waals surface area (Å²) in [4.78, 5) is 13.5. The molecule has 0 aliphatic heterocycles. The van der Waals surface area contributed by atoms with E-state index in [1.165, 1.54) is 4.88 Å². The van der Waals surface area contributed by atoms with Crippen molar-refractivity contribution in [1.29, 1.82) is 0 Å². The lowest BCUT2D eigenvalue weighted by Crippen LogP contribution is -2.26. The molecule has 4 nitrogen and oxygen atoms in total. The molecule has 3 rings (SSSR count). The number of hydrogen-bond donors (Lipinski definition) is 2. The molecule has 0 aliphatic rings. The topological polar surface area (TPSA) is 57.8 Å². The number of benzene rings is 1. The summed E-state index contributed by atoms with van der Waals surface area (Å²) in [5, 5.41) is 10.8. The summed E-state index contributed by atoms with van der Waals surface area (Å²) in [7, 11) is 0. The Bertz CT molecular complexity index is 793. The number of amides is 1.